The Morgan fingerprint density at radius 2 is 2.21 bits per heavy atom. The predicted octanol–water partition coefficient (Wildman–Crippen LogP) is 0.762. The number of halogens is 1. The second-order valence-corrected chi connectivity index (χ2v) is 2.68. The molecule has 0 saturated carbocycles. The van der Waals surface area contributed by atoms with Crippen molar-refractivity contribution >= 4 is 11.6 Å². The third-order valence-corrected chi connectivity index (χ3v) is 1.60. The Kier molecular flexibility index (Phi) is 2.76. The highest BCUT2D eigenvalue weighted by atomic mass is 19.1. The molecule has 0 radical (unpaired) electrons. The van der Waals surface area contributed by atoms with Crippen molar-refractivity contribution in [2.45, 2.75) is 6.42 Å². The van der Waals surface area contributed by atoms with Crippen molar-refractivity contribution in [1.29, 1.82) is 0 Å². The van der Waals surface area contributed by atoms with Crippen molar-refractivity contribution in [1.82, 2.24) is 0 Å². The van der Waals surface area contributed by atoms with Crippen LogP contribution in [-0.4, -0.2) is 10.8 Å². The molecular weight excluding hydrogens is 191 g/mol. The lowest BCUT2D eigenvalue weighted by molar-refractivity contribution is -0.385. The number of nitrogens with zero attached hydrogens (tertiary/aromatic N) is 1. The highest BCUT2D eigenvalue weighted by Crippen LogP contribution is 2.16. The van der Waals surface area contributed by atoms with E-state index in [1.807, 2.05) is 0 Å². The normalized spacial score (nSPS) is 9.79. The lowest BCUT2D eigenvalue weighted by atomic mass is 10.1. The lowest BCUT2D eigenvalue weighted by Crippen LogP contribution is -2.14. The molecule has 6 heteroatoms. The zero-order valence-corrected chi connectivity index (χ0v) is 7.07. The van der Waals surface area contributed by atoms with Crippen molar-refractivity contribution < 1.29 is 14.1 Å². The van der Waals surface area contributed by atoms with Crippen molar-refractivity contribution in [3.05, 3.63) is 39.7 Å². The number of non-ortho nitro benzene ring substituents is 1. The van der Waals surface area contributed by atoms with Crippen LogP contribution in [0.3, 0.4) is 0 Å². The van der Waals surface area contributed by atoms with Crippen molar-refractivity contribution in [3.63, 3.8) is 0 Å². The zero-order valence-electron chi connectivity index (χ0n) is 7.07. The fourth-order valence-corrected chi connectivity index (χ4v) is 0.998. The van der Waals surface area contributed by atoms with Gasteiger partial charge in [0.25, 0.3) is 5.69 Å². The molecule has 1 aromatic rings. The van der Waals surface area contributed by atoms with Crippen LogP contribution in [0.1, 0.15) is 5.56 Å². The van der Waals surface area contributed by atoms with Gasteiger partial charge in [0.15, 0.2) is 0 Å². The molecule has 0 aliphatic heterocycles. The third kappa shape index (κ3) is 2.25. The molecule has 1 rings (SSSR count). The minimum atomic E-state index is -0.732. The summed E-state index contributed by atoms with van der Waals surface area (Å²) < 4.78 is 13.0. The zero-order chi connectivity index (χ0) is 10.7. The molecule has 74 valence electrons. The number of rotatable bonds is 3. The van der Waals surface area contributed by atoms with Gasteiger partial charge in [-0.05, 0) is 6.07 Å². The summed E-state index contributed by atoms with van der Waals surface area (Å²) in [5, 5.41) is 10.3. The smallest absolute Gasteiger partial charge is 0.269 e. The molecule has 0 unspecified atom stereocenters. The monoisotopic (exact) mass is 198 g/mol. The molecule has 0 heterocycles. The van der Waals surface area contributed by atoms with Crippen LogP contribution in [0.4, 0.5) is 10.1 Å². The van der Waals surface area contributed by atoms with Crippen LogP contribution in [0, 0.1) is 15.9 Å². The van der Waals surface area contributed by atoms with Crippen molar-refractivity contribution in [2.24, 2.45) is 5.73 Å². The number of nitrogens with two attached hydrogens (primary N) is 1. The molecule has 0 aliphatic carbocycles. The van der Waals surface area contributed by atoms with Crippen molar-refractivity contribution in [3.8, 4) is 0 Å². The molecule has 1 amide bonds. The number of primary amides is 1. The van der Waals surface area contributed by atoms with E-state index >= 15 is 0 Å². The van der Waals surface area contributed by atoms with E-state index in [0.29, 0.717) is 0 Å². The van der Waals surface area contributed by atoms with Gasteiger partial charge in [-0.2, -0.15) is 0 Å². The summed E-state index contributed by atoms with van der Waals surface area (Å²) in [5.74, 6) is -1.40. The fraction of sp³-hybridized carbons (Fsp3) is 0.125. The van der Waals surface area contributed by atoms with E-state index in [2.05, 4.69) is 0 Å². The second kappa shape index (κ2) is 3.82. The van der Waals surface area contributed by atoms with E-state index in [-0.39, 0.29) is 17.7 Å². The van der Waals surface area contributed by atoms with Gasteiger partial charge in [0.05, 0.1) is 11.3 Å². The third-order valence-electron chi connectivity index (χ3n) is 1.60. The number of nitro benzene ring substituents is 1. The van der Waals surface area contributed by atoms with E-state index in [9.17, 15) is 19.3 Å². The summed E-state index contributed by atoms with van der Waals surface area (Å²) in [6, 6.07) is 2.97. The van der Waals surface area contributed by atoms with Gasteiger partial charge in [0, 0.05) is 17.7 Å². The van der Waals surface area contributed by atoms with E-state index in [1.54, 1.807) is 0 Å². The SMILES string of the molecule is NC(=O)Cc1cc([N+](=O)[O-])ccc1F. The van der Waals surface area contributed by atoms with E-state index in [1.165, 1.54) is 0 Å². The van der Waals surface area contributed by atoms with E-state index in [4.69, 9.17) is 5.73 Å². The number of amides is 1. The Morgan fingerprint density at radius 3 is 2.71 bits per heavy atom. The van der Waals surface area contributed by atoms with Crippen molar-refractivity contribution in [2.75, 3.05) is 0 Å². The van der Waals surface area contributed by atoms with Gasteiger partial charge in [0.2, 0.25) is 5.91 Å². The highest BCUT2D eigenvalue weighted by Gasteiger charge is 2.11. The van der Waals surface area contributed by atoms with Gasteiger partial charge in [-0.1, -0.05) is 0 Å². The van der Waals surface area contributed by atoms with Crippen LogP contribution in [-0.2, 0) is 11.2 Å². The van der Waals surface area contributed by atoms with Gasteiger partial charge in [0.1, 0.15) is 5.82 Å². The first-order valence-electron chi connectivity index (χ1n) is 3.72. The molecule has 0 saturated heterocycles. The highest BCUT2D eigenvalue weighted by molar-refractivity contribution is 5.76. The largest absolute Gasteiger partial charge is 0.369 e. The first-order chi connectivity index (χ1) is 6.50. The van der Waals surface area contributed by atoms with E-state index in [0.717, 1.165) is 18.2 Å². The maximum Gasteiger partial charge on any atom is 0.269 e. The summed E-state index contributed by atoms with van der Waals surface area (Å²) in [4.78, 5) is 20.1. The predicted molar refractivity (Wildman–Crippen MR) is 46.0 cm³/mol. The summed E-state index contributed by atoms with van der Waals surface area (Å²) in [6.07, 6.45) is -0.340. The molecule has 5 nitrogen and oxygen atoms in total. The molecule has 0 aromatic heterocycles. The number of hydrogen-bond donors (Lipinski definition) is 1. The molecule has 0 atom stereocenters. The fourth-order valence-electron chi connectivity index (χ4n) is 0.998. The van der Waals surface area contributed by atoms with Crippen LogP contribution in [0.5, 0.6) is 0 Å². The number of carbonyl (C=O) groups is 1. The Bertz CT molecular complexity index is 392. The van der Waals surface area contributed by atoms with Gasteiger partial charge in [-0.25, -0.2) is 4.39 Å². The molecular formula is C8H7FN2O3. The standard InChI is InChI=1S/C8H7FN2O3/c9-7-2-1-6(11(13)14)3-5(7)4-8(10)12/h1-3H,4H2,(H2,10,12). The first kappa shape index (κ1) is 10.1. The molecule has 0 spiro atoms. The van der Waals surface area contributed by atoms with E-state index < -0.39 is 16.6 Å². The molecule has 14 heavy (non-hydrogen) atoms. The average molecular weight is 198 g/mol. The second-order valence-electron chi connectivity index (χ2n) is 2.68. The number of carbonyl (C=O) groups excluding carboxylic acids is 1. The Morgan fingerprint density at radius 1 is 1.57 bits per heavy atom. The summed E-state index contributed by atoms with van der Waals surface area (Å²) >= 11 is 0. The number of benzene rings is 1. The molecule has 0 bridgehead atoms. The lowest BCUT2D eigenvalue weighted by Gasteiger charge is -1.99. The molecule has 0 aliphatic rings. The summed E-state index contributed by atoms with van der Waals surface area (Å²) in [6.45, 7) is 0. The minimum Gasteiger partial charge on any atom is -0.369 e. The Balaban J connectivity index is 3.08. The topological polar surface area (TPSA) is 86.2 Å². The quantitative estimate of drug-likeness (QED) is 0.574. The van der Waals surface area contributed by atoms with Gasteiger partial charge < -0.3 is 5.73 Å². The van der Waals surface area contributed by atoms with Crippen LogP contribution < -0.4 is 5.73 Å². The van der Waals surface area contributed by atoms with Crippen LogP contribution in [0.15, 0.2) is 18.2 Å². The average Bonchev–Trinajstić information content (AvgIpc) is 2.07. The molecule has 1 aromatic carbocycles. The minimum absolute atomic E-state index is 0.0632. The van der Waals surface area contributed by atoms with Gasteiger partial charge in [-0.15, -0.1) is 0 Å². The summed E-state index contributed by atoms with van der Waals surface area (Å²) in [5.41, 5.74) is 4.52. The maximum absolute atomic E-state index is 13.0. The van der Waals surface area contributed by atoms with Gasteiger partial charge in [-0.3, -0.25) is 14.9 Å². The Labute approximate surface area is 78.5 Å². The first-order valence-corrected chi connectivity index (χ1v) is 3.72. The molecule has 2 N–H and O–H groups in total. The number of hydrogen-bond acceptors (Lipinski definition) is 3. The maximum atomic E-state index is 13.0. The van der Waals surface area contributed by atoms with Crippen LogP contribution >= 0.6 is 0 Å². The molecule has 0 fully saturated rings. The number of nitro groups is 1. The Hall–Kier alpha value is -1.98. The summed E-state index contributed by atoms with van der Waals surface area (Å²) in [7, 11) is 0. The van der Waals surface area contributed by atoms with Gasteiger partial charge >= 0.3 is 0 Å². The van der Waals surface area contributed by atoms with Crippen LogP contribution in [0.2, 0.25) is 0 Å². The van der Waals surface area contributed by atoms with Crippen LogP contribution in [0.25, 0.3) is 0 Å².